The Morgan fingerprint density at radius 1 is 1.04 bits per heavy atom. The molecule has 0 aromatic heterocycles. The second-order valence-corrected chi connectivity index (χ2v) is 6.92. The first kappa shape index (κ1) is 17.5. The first-order valence-electron chi connectivity index (χ1n) is 9.25. The van der Waals surface area contributed by atoms with Gasteiger partial charge in [-0.3, -0.25) is 4.79 Å². The van der Waals surface area contributed by atoms with Crippen molar-refractivity contribution in [1.82, 2.24) is 5.32 Å². The summed E-state index contributed by atoms with van der Waals surface area (Å²) < 4.78 is 6.00. The Labute approximate surface area is 150 Å². The molecule has 0 bridgehead atoms. The minimum absolute atomic E-state index is 0.0591. The highest BCUT2D eigenvalue weighted by Gasteiger charge is 2.19. The lowest BCUT2D eigenvalue weighted by molar-refractivity contribution is -0.127. The molecular weight excluding hydrogens is 310 g/mol. The Bertz CT molecular complexity index is 711. The summed E-state index contributed by atoms with van der Waals surface area (Å²) >= 11 is 0. The zero-order valence-corrected chi connectivity index (χ0v) is 15.1. The Morgan fingerprint density at radius 3 is 2.60 bits per heavy atom. The molecule has 1 N–H and O–H groups in total. The molecule has 0 fully saturated rings. The lowest BCUT2D eigenvalue weighted by Gasteiger charge is -2.22. The molecule has 3 heteroatoms. The second kappa shape index (κ2) is 8.19. The van der Waals surface area contributed by atoms with Crippen LogP contribution in [0.4, 0.5) is 0 Å². The minimum Gasteiger partial charge on any atom is -0.481 e. The third-order valence-corrected chi connectivity index (χ3v) is 4.98. The molecule has 0 radical (unpaired) electrons. The van der Waals surface area contributed by atoms with E-state index >= 15 is 0 Å². The predicted octanol–water partition coefficient (Wildman–Crippen LogP) is 4.25. The van der Waals surface area contributed by atoms with Gasteiger partial charge < -0.3 is 10.1 Å². The van der Waals surface area contributed by atoms with Crippen LogP contribution in [-0.2, 0) is 17.6 Å². The van der Waals surface area contributed by atoms with Crippen LogP contribution in [0.5, 0.6) is 5.75 Å². The molecule has 0 saturated carbocycles. The molecule has 3 rings (SSSR count). The maximum absolute atomic E-state index is 12.4. The Balaban J connectivity index is 1.56. The molecule has 25 heavy (non-hydrogen) atoms. The number of ether oxygens (including phenoxy) is 1. The van der Waals surface area contributed by atoms with Crippen molar-refractivity contribution in [3.63, 3.8) is 0 Å². The highest BCUT2D eigenvalue weighted by molar-refractivity contribution is 5.80. The number of carbonyl (C=O) groups excluding carboxylic acids is 1. The van der Waals surface area contributed by atoms with Crippen LogP contribution in [0.2, 0.25) is 0 Å². The van der Waals surface area contributed by atoms with Gasteiger partial charge in [0.2, 0.25) is 0 Å². The molecule has 1 aliphatic rings. The molecule has 1 amide bonds. The summed E-state index contributed by atoms with van der Waals surface area (Å²) in [5, 5.41) is 3.02. The zero-order chi connectivity index (χ0) is 17.6. The van der Waals surface area contributed by atoms with E-state index in [2.05, 4.69) is 30.4 Å². The molecule has 0 spiro atoms. The van der Waals surface area contributed by atoms with Crippen molar-refractivity contribution in [2.75, 3.05) is 6.54 Å². The van der Waals surface area contributed by atoms with Crippen molar-refractivity contribution in [2.24, 2.45) is 0 Å². The maximum Gasteiger partial charge on any atom is 0.260 e. The van der Waals surface area contributed by atoms with Crippen LogP contribution in [0.3, 0.4) is 0 Å². The van der Waals surface area contributed by atoms with Gasteiger partial charge >= 0.3 is 0 Å². The Morgan fingerprint density at radius 2 is 1.80 bits per heavy atom. The lowest BCUT2D eigenvalue weighted by atomic mass is 9.91. The minimum atomic E-state index is -0.489. The number of nitrogens with one attached hydrogen (secondary N) is 1. The van der Waals surface area contributed by atoms with Crippen molar-refractivity contribution in [3.8, 4) is 5.75 Å². The van der Waals surface area contributed by atoms with Crippen molar-refractivity contribution in [3.05, 3.63) is 65.2 Å². The maximum atomic E-state index is 12.4. The molecule has 2 aromatic carbocycles. The predicted molar refractivity (Wildman–Crippen MR) is 101 cm³/mol. The van der Waals surface area contributed by atoms with Gasteiger partial charge in [-0.25, -0.2) is 0 Å². The monoisotopic (exact) mass is 337 g/mol. The van der Waals surface area contributed by atoms with Gasteiger partial charge in [-0.2, -0.15) is 0 Å². The smallest absolute Gasteiger partial charge is 0.260 e. The van der Waals surface area contributed by atoms with E-state index in [1.165, 1.54) is 29.5 Å². The molecule has 132 valence electrons. The average Bonchev–Trinajstić information content (AvgIpc) is 2.66. The number of fused-ring (bicyclic) bond motifs is 1. The summed E-state index contributed by atoms with van der Waals surface area (Å²) in [5.41, 5.74) is 3.88. The van der Waals surface area contributed by atoms with E-state index in [9.17, 15) is 4.79 Å². The second-order valence-electron chi connectivity index (χ2n) is 6.92. The number of benzene rings is 2. The van der Waals surface area contributed by atoms with Gasteiger partial charge in [-0.1, -0.05) is 49.4 Å². The largest absolute Gasteiger partial charge is 0.481 e. The summed E-state index contributed by atoms with van der Waals surface area (Å²) in [4.78, 5) is 12.4. The fourth-order valence-corrected chi connectivity index (χ4v) is 3.40. The zero-order valence-electron chi connectivity index (χ0n) is 15.1. The molecule has 0 aliphatic heterocycles. The van der Waals surface area contributed by atoms with Gasteiger partial charge in [0.05, 0.1) is 0 Å². The molecule has 0 heterocycles. The topological polar surface area (TPSA) is 38.3 Å². The fraction of sp³-hybridized carbons (Fsp3) is 0.409. The van der Waals surface area contributed by atoms with Crippen LogP contribution < -0.4 is 10.1 Å². The summed E-state index contributed by atoms with van der Waals surface area (Å²) in [6.45, 7) is 4.56. The van der Waals surface area contributed by atoms with E-state index in [0.717, 1.165) is 18.6 Å². The van der Waals surface area contributed by atoms with Crippen molar-refractivity contribution in [1.29, 1.82) is 0 Å². The summed E-state index contributed by atoms with van der Waals surface area (Å²) in [5.74, 6) is 1.09. The molecule has 1 aliphatic carbocycles. The van der Waals surface area contributed by atoms with Gasteiger partial charge in [0.25, 0.3) is 5.91 Å². The van der Waals surface area contributed by atoms with Crippen molar-refractivity contribution < 1.29 is 9.53 Å². The number of hydrogen-bond acceptors (Lipinski definition) is 2. The first-order chi connectivity index (χ1) is 12.1. The number of rotatable bonds is 6. The van der Waals surface area contributed by atoms with Crippen LogP contribution in [0.25, 0.3) is 0 Å². The van der Waals surface area contributed by atoms with E-state index in [4.69, 9.17) is 4.74 Å². The van der Waals surface area contributed by atoms with Crippen LogP contribution in [0.15, 0.2) is 48.5 Å². The molecule has 2 atom stereocenters. The Kier molecular flexibility index (Phi) is 5.75. The molecule has 2 aromatic rings. The molecule has 0 unspecified atom stereocenters. The third-order valence-electron chi connectivity index (χ3n) is 4.98. The normalized spacial score (nSPS) is 15.8. The SMILES string of the molecule is C[C@H](Oc1cccc2c1CCCC2)C(=O)NC[C@@H](C)c1ccccc1. The lowest BCUT2D eigenvalue weighted by Crippen LogP contribution is -2.38. The van der Waals surface area contributed by atoms with Gasteiger partial charge in [-0.05, 0) is 61.3 Å². The van der Waals surface area contributed by atoms with E-state index in [0.29, 0.717) is 6.54 Å². The van der Waals surface area contributed by atoms with E-state index < -0.39 is 6.10 Å². The van der Waals surface area contributed by atoms with Crippen LogP contribution in [-0.4, -0.2) is 18.6 Å². The number of aryl methyl sites for hydroxylation is 1. The van der Waals surface area contributed by atoms with Gasteiger partial charge in [0.15, 0.2) is 6.10 Å². The van der Waals surface area contributed by atoms with Crippen LogP contribution in [0, 0.1) is 0 Å². The van der Waals surface area contributed by atoms with Crippen molar-refractivity contribution >= 4 is 5.91 Å². The standard InChI is InChI=1S/C22H27NO2/c1-16(18-9-4-3-5-10-18)15-23-22(24)17(2)25-21-14-8-12-19-11-6-7-13-20(19)21/h3-5,8-10,12,14,16-17H,6-7,11,13,15H2,1-2H3,(H,23,24)/t16-,17+/m1/s1. The number of hydrogen-bond donors (Lipinski definition) is 1. The van der Waals surface area contributed by atoms with Crippen LogP contribution in [0.1, 0.15) is 49.3 Å². The van der Waals surface area contributed by atoms with E-state index in [1.807, 2.05) is 37.3 Å². The molecule has 3 nitrogen and oxygen atoms in total. The van der Waals surface area contributed by atoms with Gasteiger partial charge in [-0.15, -0.1) is 0 Å². The Hall–Kier alpha value is -2.29. The van der Waals surface area contributed by atoms with Crippen molar-refractivity contribution in [2.45, 2.75) is 51.6 Å². The van der Waals surface area contributed by atoms with Gasteiger partial charge in [0, 0.05) is 6.54 Å². The third kappa shape index (κ3) is 4.41. The summed E-state index contributed by atoms with van der Waals surface area (Å²) in [7, 11) is 0. The summed E-state index contributed by atoms with van der Waals surface area (Å²) in [6.07, 6.45) is 4.11. The highest BCUT2D eigenvalue weighted by atomic mass is 16.5. The number of amides is 1. The first-order valence-corrected chi connectivity index (χ1v) is 9.25. The highest BCUT2D eigenvalue weighted by Crippen LogP contribution is 2.30. The van der Waals surface area contributed by atoms with E-state index in [1.54, 1.807) is 0 Å². The average molecular weight is 337 g/mol. The molecular formula is C22H27NO2. The van der Waals surface area contributed by atoms with Crippen LogP contribution >= 0.6 is 0 Å². The number of carbonyl (C=O) groups is 1. The fourth-order valence-electron chi connectivity index (χ4n) is 3.40. The quantitative estimate of drug-likeness (QED) is 0.855. The molecule has 0 saturated heterocycles. The summed E-state index contributed by atoms with van der Waals surface area (Å²) in [6, 6.07) is 16.4. The van der Waals surface area contributed by atoms with E-state index in [-0.39, 0.29) is 11.8 Å². The van der Waals surface area contributed by atoms with Gasteiger partial charge in [0.1, 0.15) is 5.75 Å².